The van der Waals surface area contributed by atoms with Crippen molar-refractivity contribution in [1.82, 2.24) is 14.1 Å². The molecule has 178 valence electrons. The highest BCUT2D eigenvalue weighted by Gasteiger charge is 2.31. The highest BCUT2D eigenvalue weighted by molar-refractivity contribution is 7.89. The fourth-order valence-electron chi connectivity index (χ4n) is 3.86. The molecule has 3 rings (SSSR count). The number of ether oxygens (including phenoxy) is 1. The molecule has 0 bridgehead atoms. The Morgan fingerprint density at radius 2 is 1.47 bits per heavy atom. The van der Waals surface area contributed by atoms with Crippen LogP contribution < -0.4 is 0 Å². The van der Waals surface area contributed by atoms with Crippen LogP contribution in [0.5, 0.6) is 0 Å². The second-order valence-corrected chi connectivity index (χ2v) is 11.5. The van der Waals surface area contributed by atoms with Crippen molar-refractivity contribution in [3.63, 3.8) is 0 Å². The van der Waals surface area contributed by atoms with E-state index in [-0.39, 0.29) is 21.4 Å². The van der Waals surface area contributed by atoms with Crippen LogP contribution >= 0.6 is 11.6 Å². The van der Waals surface area contributed by atoms with E-state index in [9.17, 15) is 18.0 Å². The highest BCUT2D eigenvalue weighted by Crippen LogP contribution is 2.28. The standard InChI is InChI=1S/C22H32ClN3O5S/c1-22(2,3)31-21(28)25-14-12-24(13-15-25)20(27)17-8-9-18(23)19(16-17)32(29,30)26-10-6-4-5-7-11-26/h8-9,16H,4-7,10-15H2,1-3H3. The molecule has 32 heavy (non-hydrogen) atoms. The Morgan fingerprint density at radius 3 is 2.03 bits per heavy atom. The van der Waals surface area contributed by atoms with Crippen molar-refractivity contribution in [2.24, 2.45) is 0 Å². The fraction of sp³-hybridized carbons (Fsp3) is 0.636. The molecule has 0 aromatic heterocycles. The molecule has 2 heterocycles. The van der Waals surface area contributed by atoms with Crippen molar-refractivity contribution < 1.29 is 22.7 Å². The van der Waals surface area contributed by atoms with E-state index >= 15 is 0 Å². The summed E-state index contributed by atoms with van der Waals surface area (Å²) >= 11 is 6.25. The zero-order chi connectivity index (χ0) is 23.5. The summed E-state index contributed by atoms with van der Waals surface area (Å²) in [6, 6.07) is 4.40. The number of amides is 2. The van der Waals surface area contributed by atoms with Gasteiger partial charge in [-0.25, -0.2) is 13.2 Å². The quantitative estimate of drug-likeness (QED) is 0.652. The lowest BCUT2D eigenvalue weighted by molar-refractivity contribution is 0.0141. The number of halogens is 1. The molecule has 0 atom stereocenters. The summed E-state index contributed by atoms with van der Waals surface area (Å²) in [6.45, 7) is 7.74. The summed E-state index contributed by atoms with van der Waals surface area (Å²) < 4.78 is 33.3. The molecular formula is C22H32ClN3O5S. The van der Waals surface area contributed by atoms with Crippen molar-refractivity contribution in [2.75, 3.05) is 39.3 Å². The summed E-state index contributed by atoms with van der Waals surface area (Å²) in [5, 5.41) is 0.112. The number of sulfonamides is 1. The number of carbonyl (C=O) groups excluding carboxylic acids is 2. The number of hydrogen-bond donors (Lipinski definition) is 0. The lowest BCUT2D eigenvalue weighted by Crippen LogP contribution is -2.51. The lowest BCUT2D eigenvalue weighted by atomic mass is 10.2. The van der Waals surface area contributed by atoms with Crippen molar-refractivity contribution in [3.05, 3.63) is 28.8 Å². The SMILES string of the molecule is CC(C)(C)OC(=O)N1CCN(C(=O)c2ccc(Cl)c(S(=O)(=O)N3CCCCCC3)c2)CC1. The molecule has 8 nitrogen and oxygen atoms in total. The Hall–Kier alpha value is -1.84. The van der Waals surface area contributed by atoms with Gasteiger partial charge in [0.05, 0.1) is 5.02 Å². The summed E-state index contributed by atoms with van der Waals surface area (Å²) in [5.41, 5.74) is -0.309. The average molecular weight is 486 g/mol. The molecule has 2 fully saturated rings. The maximum absolute atomic E-state index is 13.2. The molecule has 0 radical (unpaired) electrons. The van der Waals surface area contributed by atoms with Gasteiger partial charge in [0.15, 0.2) is 0 Å². The number of rotatable bonds is 3. The summed E-state index contributed by atoms with van der Waals surface area (Å²) in [6.07, 6.45) is 3.25. The molecule has 2 aliphatic heterocycles. The molecule has 0 unspecified atom stereocenters. The van der Waals surface area contributed by atoms with Crippen LogP contribution in [-0.2, 0) is 14.8 Å². The van der Waals surface area contributed by atoms with Crippen molar-refractivity contribution in [1.29, 1.82) is 0 Å². The first-order valence-corrected chi connectivity index (χ1v) is 12.9. The van der Waals surface area contributed by atoms with Crippen molar-refractivity contribution in [3.8, 4) is 0 Å². The molecule has 2 aliphatic rings. The van der Waals surface area contributed by atoms with Crippen LogP contribution in [0.15, 0.2) is 23.1 Å². The number of carbonyl (C=O) groups is 2. The zero-order valence-corrected chi connectivity index (χ0v) is 20.5. The van der Waals surface area contributed by atoms with Gasteiger partial charge in [0.2, 0.25) is 10.0 Å². The molecule has 1 aromatic rings. The first-order chi connectivity index (χ1) is 15.0. The normalized spacial score (nSPS) is 18.9. The Bertz CT molecular complexity index is 945. The van der Waals surface area contributed by atoms with Crippen LogP contribution in [0.4, 0.5) is 4.79 Å². The number of piperazine rings is 1. The van der Waals surface area contributed by atoms with E-state index in [1.165, 1.54) is 16.4 Å². The van der Waals surface area contributed by atoms with E-state index in [2.05, 4.69) is 0 Å². The van der Waals surface area contributed by atoms with E-state index in [0.29, 0.717) is 39.3 Å². The van der Waals surface area contributed by atoms with E-state index < -0.39 is 21.7 Å². The van der Waals surface area contributed by atoms with E-state index in [1.807, 2.05) is 20.8 Å². The van der Waals surface area contributed by atoms with Gasteiger partial charge >= 0.3 is 6.09 Å². The van der Waals surface area contributed by atoms with Crippen LogP contribution in [0.25, 0.3) is 0 Å². The van der Waals surface area contributed by atoms with Crippen LogP contribution in [0, 0.1) is 0 Å². The van der Waals surface area contributed by atoms with Gasteiger partial charge in [0.25, 0.3) is 5.91 Å². The van der Waals surface area contributed by atoms with E-state index in [0.717, 1.165) is 25.7 Å². The third-order valence-electron chi connectivity index (χ3n) is 5.58. The van der Waals surface area contributed by atoms with Crippen molar-refractivity contribution >= 4 is 33.6 Å². The second kappa shape index (κ2) is 9.97. The maximum Gasteiger partial charge on any atom is 0.410 e. The molecule has 10 heteroatoms. The van der Waals surface area contributed by atoms with Crippen LogP contribution in [0.2, 0.25) is 5.02 Å². The predicted octanol–water partition coefficient (Wildman–Crippen LogP) is 3.60. The average Bonchev–Trinajstić information content (AvgIpc) is 3.02. The van der Waals surface area contributed by atoms with Crippen LogP contribution in [0.3, 0.4) is 0 Å². The smallest absolute Gasteiger partial charge is 0.410 e. The largest absolute Gasteiger partial charge is 0.444 e. The topological polar surface area (TPSA) is 87.2 Å². The molecule has 0 saturated carbocycles. The minimum atomic E-state index is -3.78. The third kappa shape index (κ3) is 5.94. The van der Waals surface area contributed by atoms with E-state index in [1.54, 1.807) is 15.9 Å². The lowest BCUT2D eigenvalue weighted by Gasteiger charge is -2.35. The van der Waals surface area contributed by atoms with Crippen LogP contribution in [0.1, 0.15) is 56.8 Å². The fourth-order valence-corrected chi connectivity index (χ4v) is 5.87. The molecule has 1 aromatic carbocycles. The molecule has 0 aliphatic carbocycles. The first kappa shape index (κ1) is 24.8. The Kier molecular flexibility index (Phi) is 7.73. The summed E-state index contributed by atoms with van der Waals surface area (Å²) in [4.78, 5) is 28.5. The highest BCUT2D eigenvalue weighted by atomic mass is 35.5. The van der Waals surface area contributed by atoms with Gasteiger partial charge < -0.3 is 14.5 Å². The minimum absolute atomic E-state index is 0.0284. The maximum atomic E-state index is 13.2. The molecule has 0 N–H and O–H groups in total. The number of nitrogens with zero attached hydrogens (tertiary/aromatic N) is 3. The molecule has 2 amide bonds. The molecular weight excluding hydrogens is 454 g/mol. The van der Waals surface area contributed by atoms with E-state index in [4.69, 9.17) is 16.3 Å². The summed E-state index contributed by atoms with van der Waals surface area (Å²) in [5.74, 6) is -0.280. The van der Waals surface area contributed by atoms with Gasteiger partial charge in [0, 0.05) is 44.8 Å². The van der Waals surface area contributed by atoms with Gasteiger partial charge in [-0.1, -0.05) is 24.4 Å². The van der Waals surface area contributed by atoms with Gasteiger partial charge in [-0.15, -0.1) is 0 Å². The number of hydrogen-bond acceptors (Lipinski definition) is 5. The van der Waals surface area contributed by atoms with Crippen LogP contribution in [-0.4, -0.2) is 79.4 Å². The Labute approximate surface area is 195 Å². The van der Waals surface area contributed by atoms with Gasteiger partial charge in [-0.2, -0.15) is 4.31 Å². The predicted molar refractivity (Wildman–Crippen MR) is 122 cm³/mol. The molecule has 0 spiro atoms. The summed E-state index contributed by atoms with van der Waals surface area (Å²) in [7, 11) is -3.78. The monoisotopic (exact) mass is 485 g/mol. The Morgan fingerprint density at radius 1 is 0.906 bits per heavy atom. The van der Waals surface area contributed by atoms with Crippen molar-refractivity contribution in [2.45, 2.75) is 57.0 Å². The first-order valence-electron chi connectivity index (χ1n) is 11.1. The van der Waals surface area contributed by atoms with Gasteiger partial charge in [0.1, 0.15) is 10.5 Å². The number of benzene rings is 1. The zero-order valence-electron chi connectivity index (χ0n) is 19.0. The Balaban J connectivity index is 1.71. The molecule has 2 saturated heterocycles. The van der Waals surface area contributed by atoms with Gasteiger partial charge in [-0.3, -0.25) is 4.79 Å². The minimum Gasteiger partial charge on any atom is -0.444 e. The van der Waals surface area contributed by atoms with Gasteiger partial charge in [-0.05, 0) is 51.8 Å². The third-order valence-corrected chi connectivity index (χ3v) is 7.96. The second-order valence-electron chi connectivity index (χ2n) is 9.22.